The number of aromatic nitrogens is 3. The second-order valence-corrected chi connectivity index (χ2v) is 22.9. The zero-order valence-corrected chi connectivity index (χ0v) is 39.8. The van der Waals surface area contributed by atoms with Crippen LogP contribution in [0.1, 0.15) is 115 Å². The molecule has 1 aliphatic heterocycles. The van der Waals surface area contributed by atoms with E-state index in [-0.39, 0.29) is 11.3 Å². The normalized spacial score (nSPS) is 26.5. The number of benzene rings is 7. The van der Waals surface area contributed by atoms with E-state index in [0.29, 0.717) is 10.8 Å². The smallest absolute Gasteiger partial charge is 0.163 e. The number of nitrogens with zero attached hydrogens (tertiary/aromatic N) is 3. The Morgan fingerprint density at radius 2 is 1.19 bits per heavy atom. The molecule has 2 heterocycles. The molecule has 6 atom stereocenters. The molecule has 0 N–H and O–H groups in total. The molecular formula is C66H53N3O. The van der Waals surface area contributed by atoms with Gasteiger partial charge < -0.3 is 4.74 Å². The highest BCUT2D eigenvalue weighted by Crippen LogP contribution is 2.79. The first-order chi connectivity index (χ1) is 34.3. The van der Waals surface area contributed by atoms with Crippen LogP contribution in [0.2, 0.25) is 0 Å². The summed E-state index contributed by atoms with van der Waals surface area (Å²) in [4.78, 5) is 16.3. The fourth-order valence-corrected chi connectivity index (χ4v) is 16.6. The highest BCUT2D eigenvalue weighted by Gasteiger charge is 2.71. The number of hydrogen-bond donors (Lipinski definition) is 0. The first-order valence-electron chi connectivity index (χ1n) is 25.9. The third-order valence-corrected chi connectivity index (χ3v) is 19.3. The highest BCUT2D eigenvalue weighted by molar-refractivity contribution is 5.95. The molecule has 16 rings (SSSR count). The number of fused-ring (bicyclic) bond motifs is 14. The Morgan fingerprint density at radius 1 is 0.529 bits per heavy atom. The molecule has 7 aliphatic carbocycles. The van der Waals surface area contributed by atoms with Gasteiger partial charge in [0, 0.05) is 33.6 Å². The molecule has 4 nitrogen and oxygen atoms in total. The van der Waals surface area contributed by atoms with E-state index >= 15 is 0 Å². The van der Waals surface area contributed by atoms with Gasteiger partial charge in [-0.3, -0.25) is 0 Å². The second kappa shape index (κ2) is 13.8. The summed E-state index contributed by atoms with van der Waals surface area (Å²) in [6.45, 7) is 4.70. The molecule has 8 aromatic rings. The molecule has 4 fully saturated rings. The maximum absolute atomic E-state index is 6.65. The van der Waals surface area contributed by atoms with Crippen molar-refractivity contribution in [3.05, 3.63) is 226 Å². The zero-order valence-electron chi connectivity index (χ0n) is 39.8. The van der Waals surface area contributed by atoms with Crippen LogP contribution < -0.4 is 4.74 Å². The number of rotatable bonds is 5. The molecule has 4 heteroatoms. The number of allylic oxidation sites excluding steroid dienone is 4. The van der Waals surface area contributed by atoms with Crippen LogP contribution in [-0.2, 0) is 16.2 Å². The van der Waals surface area contributed by atoms with E-state index in [4.69, 9.17) is 19.7 Å². The molecule has 4 unspecified atom stereocenters. The van der Waals surface area contributed by atoms with Gasteiger partial charge in [0.05, 0.1) is 5.41 Å². The Hall–Kier alpha value is -7.17. The lowest BCUT2D eigenvalue weighted by Crippen LogP contribution is -2.42. The average Bonchev–Trinajstić information content (AvgIpc) is 3.98. The van der Waals surface area contributed by atoms with E-state index in [9.17, 15) is 0 Å². The lowest BCUT2D eigenvalue weighted by Gasteiger charge is -2.49. The van der Waals surface area contributed by atoms with Crippen molar-refractivity contribution < 1.29 is 4.74 Å². The molecular weight excluding hydrogens is 851 g/mol. The van der Waals surface area contributed by atoms with Crippen molar-refractivity contribution in [1.82, 2.24) is 15.0 Å². The second-order valence-electron chi connectivity index (χ2n) is 22.9. The summed E-state index contributed by atoms with van der Waals surface area (Å²) < 4.78 is 6.65. The lowest BCUT2D eigenvalue weighted by molar-refractivity contribution is -0.000160. The van der Waals surface area contributed by atoms with Gasteiger partial charge in [0.1, 0.15) is 17.3 Å². The topological polar surface area (TPSA) is 47.9 Å². The Labute approximate surface area is 410 Å². The number of ether oxygens (including phenoxy) is 1. The maximum atomic E-state index is 6.65. The minimum absolute atomic E-state index is 0.0568. The van der Waals surface area contributed by atoms with Crippen LogP contribution in [0.5, 0.6) is 11.5 Å². The Kier molecular flexibility index (Phi) is 7.81. The van der Waals surface area contributed by atoms with Crippen molar-refractivity contribution in [2.45, 2.75) is 81.0 Å². The number of hydrogen-bond acceptors (Lipinski definition) is 4. The first kappa shape index (κ1) is 39.7. The van der Waals surface area contributed by atoms with Crippen LogP contribution >= 0.6 is 0 Å². The van der Waals surface area contributed by atoms with Crippen molar-refractivity contribution in [3.8, 4) is 56.5 Å². The quantitative estimate of drug-likeness (QED) is 0.173. The molecule has 338 valence electrons. The Bertz CT molecular complexity index is 3600. The zero-order chi connectivity index (χ0) is 46.1. The molecule has 7 aromatic carbocycles. The Balaban J connectivity index is 0.811. The van der Waals surface area contributed by atoms with Gasteiger partial charge in [-0.25, -0.2) is 15.0 Å². The van der Waals surface area contributed by atoms with Gasteiger partial charge in [-0.15, -0.1) is 0 Å². The fraction of sp³-hybridized carbons (Fsp3) is 0.258. The van der Waals surface area contributed by atoms with Crippen LogP contribution in [-0.4, -0.2) is 15.0 Å². The summed E-state index contributed by atoms with van der Waals surface area (Å²) in [5.41, 5.74) is 19.3. The summed E-state index contributed by atoms with van der Waals surface area (Å²) in [7, 11) is 0. The molecule has 8 aliphatic rings. The summed E-state index contributed by atoms with van der Waals surface area (Å²) in [5.74, 6) is 6.90. The van der Waals surface area contributed by atoms with Crippen LogP contribution in [0.4, 0.5) is 0 Å². The minimum atomic E-state index is -0.521. The van der Waals surface area contributed by atoms with Crippen molar-refractivity contribution >= 4 is 5.57 Å². The summed E-state index contributed by atoms with van der Waals surface area (Å²) >= 11 is 0. The van der Waals surface area contributed by atoms with E-state index < -0.39 is 5.41 Å². The monoisotopic (exact) mass is 903 g/mol. The summed E-state index contributed by atoms with van der Waals surface area (Å²) in [5, 5.41) is 0. The molecule has 2 spiro atoms. The van der Waals surface area contributed by atoms with Crippen LogP contribution in [0.3, 0.4) is 0 Å². The van der Waals surface area contributed by atoms with Gasteiger partial charge in [-0.1, -0.05) is 172 Å². The largest absolute Gasteiger partial charge is 0.457 e. The minimum Gasteiger partial charge on any atom is -0.457 e. The Morgan fingerprint density at radius 3 is 1.99 bits per heavy atom. The third-order valence-electron chi connectivity index (χ3n) is 19.3. The van der Waals surface area contributed by atoms with Gasteiger partial charge >= 0.3 is 0 Å². The molecule has 0 radical (unpaired) electrons. The molecule has 4 saturated carbocycles. The van der Waals surface area contributed by atoms with E-state index in [1.807, 2.05) is 0 Å². The molecule has 1 aromatic heterocycles. The van der Waals surface area contributed by atoms with Crippen molar-refractivity contribution in [1.29, 1.82) is 0 Å². The van der Waals surface area contributed by atoms with Crippen molar-refractivity contribution in [2.75, 3.05) is 0 Å². The van der Waals surface area contributed by atoms with Crippen LogP contribution in [0.15, 0.2) is 176 Å². The maximum Gasteiger partial charge on any atom is 0.163 e. The van der Waals surface area contributed by atoms with Crippen molar-refractivity contribution in [2.24, 2.45) is 23.2 Å². The van der Waals surface area contributed by atoms with Crippen LogP contribution in [0.25, 0.3) is 50.6 Å². The van der Waals surface area contributed by atoms with Gasteiger partial charge in [-0.2, -0.15) is 0 Å². The average molecular weight is 904 g/mol. The van der Waals surface area contributed by atoms with E-state index in [1.165, 1.54) is 105 Å². The third kappa shape index (κ3) is 5.09. The van der Waals surface area contributed by atoms with E-state index in [2.05, 4.69) is 190 Å². The van der Waals surface area contributed by atoms with Crippen molar-refractivity contribution in [3.63, 3.8) is 0 Å². The van der Waals surface area contributed by atoms with Gasteiger partial charge in [0.15, 0.2) is 11.6 Å². The van der Waals surface area contributed by atoms with Gasteiger partial charge in [0.2, 0.25) is 0 Å². The van der Waals surface area contributed by atoms with Gasteiger partial charge in [-0.05, 0) is 153 Å². The molecule has 3 bridgehead atoms. The fourth-order valence-electron chi connectivity index (χ4n) is 16.6. The highest BCUT2D eigenvalue weighted by atomic mass is 16.5. The molecule has 0 saturated heterocycles. The summed E-state index contributed by atoms with van der Waals surface area (Å²) in [6.07, 6.45) is 16.2. The summed E-state index contributed by atoms with van der Waals surface area (Å²) in [6, 6.07) is 58.5. The number of para-hydroxylation sites is 2. The standard InChI is InChI=1S/C66H53N3O/c1-63(2)51-18-5-3-15-48(51)49-30-27-43(33-56(49)63)62-68-60(40-25-28-44(29-26-40)64-35-39-31-45-34-46(37-64)65(45,36-39)38-64)67-61(69-62)42-14-11-13-41(32-42)47-17-12-22-55-59(47)50-16-4-6-19-52(50)66(55)53-20-7-9-23-57(53)70-58-24-10-8-21-54(58)66/h3-30,33,39,42,45-46H,31-32,34-38H2,1-2H3/t39-,42?,45-,46?,64?,65?/m0/s1. The van der Waals surface area contributed by atoms with E-state index in [1.54, 1.807) is 5.56 Å². The van der Waals surface area contributed by atoms with Crippen LogP contribution in [0, 0.1) is 23.2 Å². The lowest BCUT2D eigenvalue weighted by atomic mass is 9.55. The molecule has 70 heavy (non-hydrogen) atoms. The van der Waals surface area contributed by atoms with Gasteiger partial charge in [0.25, 0.3) is 0 Å². The predicted molar refractivity (Wildman–Crippen MR) is 279 cm³/mol. The predicted octanol–water partition coefficient (Wildman–Crippen LogP) is 15.6. The van der Waals surface area contributed by atoms with E-state index in [0.717, 1.165) is 64.3 Å². The SMILES string of the molecule is CC1(C)c2ccccc2-c2ccc(-c3nc(-c4ccc(C56CC7C[C@@H]8C[C@@H](C5)CC78C6)cc4)nc(C4C=CC=C(c5cccc6c5-c5ccccc5C65c6ccccc6Oc6ccccc65)C4)n3)cc21. The first-order valence-corrected chi connectivity index (χ1v) is 25.9. The molecule has 0 amide bonds.